The average Bonchev–Trinajstić information content (AvgIpc) is 3.37. The molecule has 2 aliphatic heterocycles. The van der Waals surface area contributed by atoms with Gasteiger partial charge < -0.3 is 24.6 Å². The van der Waals surface area contributed by atoms with Gasteiger partial charge in [0.15, 0.2) is 0 Å². The lowest BCUT2D eigenvalue weighted by atomic mass is 9.96. The van der Waals surface area contributed by atoms with Crippen molar-refractivity contribution in [3.05, 3.63) is 29.3 Å². The van der Waals surface area contributed by atoms with Crippen molar-refractivity contribution >= 4 is 17.9 Å². The molecule has 1 aromatic carbocycles. The molecule has 7 heteroatoms. The molecule has 0 aromatic heterocycles. The molecule has 0 bridgehead atoms. The number of hydrogen-bond donors (Lipinski definition) is 1. The number of nitrogens with one attached hydrogen (secondary N) is 1. The first-order valence-corrected chi connectivity index (χ1v) is 12.7. The summed E-state index contributed by atoms with van der Waals surface area (Å²) in [5, 5.41) is 3.42. The fourth-order valence-corrected chi connectivity index (χ4v) is 5.01. The topological polar surface area (TPSA) is 71.1 Å². The maximum atomic E-state index is 13.2. The second kappa shape index (κ2) is 9.31. The number of nitrogens with zero attached hydrogens (tertiary/aromatic N) is 2. The van der Waals surface area contributed by atoms with E-state index in [0.717, 1.165) is 32.2 Å². The summed E-state index contributed by atoms with van der Waals surface area (Å²) in [6.45, 7) is 14.4. The van der Waals surface area contributed by atoms with E-state index in [2.05, 4.69) is 23.5 Å². The van der Waals surface area contributed by atoms with Crippen molar-refractivity contribution in [1.82, 2.24) is 9.80 Å². The highest BCUT2D eigenvalue weighted by atomic mass is 16.6. The summed E-state index contributed by atoms with van der Waals surface area (Å²) in [5.74, 6) is 0.706. The van der Waals surface area contributed by atoms with Gasteiger partial charge in [-0.2, -0.15) is 0 Å². The highest BCUT2D eigenvalue weighted by molar-refractivity contribution is 5.70. The molecule has 1 aromatic rings. The van der Waals surface area contributed by atoms with Gasteiger partial charge in [0, 0.05) is 43.8 Å². The van der Waals surface area contributed by atoms with Crippen molar-refractivity contribution in [2.45, 2.75) is 90.4 Å². The van der Waals surface area contributed by atoms with Crippen LogP contribution in [-0.4, -0.2) is 65.4 Å². The first-order chi connectivity index (χ1) is 15.9. The third-order valence-electron chi connectivity index (χ3n) is 6.77. The number of amides is 2. The molecular weight excluding hydrogens is 430 g/mol. The Labute approximate surface area is 204 Å². The molecule has 1 aliphatic carbocycles. The van der Waals surface area contributed by atoms with Gasteiger partial charge in [-0.05, 0) is 90.3 Å². The number of ether oxygens (including phenoxy) is 2. The lowest BCUT2D eigenvalue weighted by Gasteiger charge is -2.36. The van der Waals surface area contributed by atoms with Gasteiger partial charge in [-0.25, -0.2) is 9.59 Å². The molecule has 0 unspecified atom stereocenters. The van der Waals surface area contributed by atoms with Gasteiger partial charge in [-0.1, -0.05) is 12.1 Å². The van der Waals surface area contributed by atoms with Crippen LogP contribution in [0.1, 0.15) is 77.8 Å². The van der Waals surface area contributed by atoms with Crippen molar-refractivity contribution < 1.29 is 19.1 Å². The number of piperidine rings is 1. The molecule has 34 heavy (non-hydrogen) atoms. The van der Waals surface area contributed by atoms with Crippen LogP contribution in [0.4, 0.5) is 15.3 Å². The molecule has 2 heterocycles. The number of likely N-dealkylation sites (tertiary alicyclic amines) is 1. The Morgan fingerprint density at radius 2 is 1.74 bits per heavy atom. The van der Waals surface area contributed by atoms with Gasteiger partial charge in [-0.15, -0.1) is 0 Å². The standard InChI is InChI=1S/C27H41N3O4/c1-26(2,3)33-24(31)29-13-10-18(11-14-29)17-30(25(32)34-27(4,5)6)23-16-21(23)19-7-8-22-20(15-19)9-12-28-22/h7-8,15,18,21,23,28H,9-14,16-17H2,1-6H3/t21-,23+/m0/s1. The van der Waals surface area contributed by atoms with E-state index >= 15 is 0 Å². The molecule has 2 amide bonds. The summed E-state index contributed by atoms with van der Waals surface area (Å²) in [4.78, 5) is 29.4. The van der Waals surface area contributed by atoms with Crippen LogP contribution in [0.15, 0.2) is 18.2 Å². The van der Waals surface area contributed by atoms with Crippen LogP contribution < -0.4 is 5.32 Å². The molecular formula is C27H41N3O4. The monoisotopic (exact) mass is 471 g/mol. The first kappa shape index (κ1) is 24.7. The minimum atomic E-state index is -0.529. The van der Waals surface area contributed by atoms with E-state index in [4.69, 9.17) is 9.47 Å². The van der Waals surface area contributed by atoms with Crippen LogP contribution in [-0.2, 0) is 15.9 Å². The SMILES string of the molecule is CC(C)(C)OC(=O)N1CCC(CN(C(=O)OC(C)(C)C)[C@@H]2C[C@H]2c2ccc3c(c2)CCN3)CC1. The normalized spacial score (nSPS) is 22.6. The smallest absolute Gasteiger partial charge is 0.410 e. The van der Waals surface area contributed by atoms with Gasteiger partial charge in [0.05, 0.1) is 0 Å². The minimum Gasteiger partial charge on any atom is -0.444 e. The number of fused-ring (bicyclic) bond motifs is 1. The number of benzene rings is 1. The molecule has 0 radical (unpaired) electrons. The first-order valence-electron chi connectivity index (χ1n) is 12.7. The summed E-state index contributed by atoms with van der Waals surface area (Å²) in [5.41, 5.74) is 2.92. The fourth-order valence-electron chi connectivity index (χ4n) is 5.01. The average molecular weight is 472 g/mol. The van der Waals surface area contributed by atoms with Crippen molar-refractivity contribution in [2.75, 3.05) is 31.5 Å². The summed E-state index contributed by atoms with van der Waals surface area (Å²) in [6, 6.07) is 6.87. The van der Waals surface area contributed by atoms with Crippen LogP contribution in [0.25, 0.3) is 0 Å². The van der Waals surface area contributed by atoms with Crippen LogP contribution in [0, 0.1) is 5.92 Å². The van der Waals surface area contributed by atoms with Crippen molar-refractivity contribution in [2.24, 2.45) is 5.92 Å². The van der Waals surface area contributed by atoms with E-state index in [1.807, 2.05) is 46.4 Å². The van der Waals surface area contributed by atoms with Crippen molar-refractivity contribution in [1.29, 1.82) is 0 Å². The van der Waals surface area contributed by atoms with Gasteiger partial charge in [0.2, 0.25) is 0 Å². The zero-order valence-electron chi connectivity index (χ0n) is 21.6. The summed E-state index contributed by atoms with van der Waals surface area (Å²) in [7, 11) is 0. The van der Waals surface area contributed by atoms with Crippen LogP contribution >= 0.6 is 0 Å². The summed E-state index contributed by atoms with van der Waals surface area (Å²) >= 11 is 0. The second-order valence-electron chi connectivity index (χ2n) is 12.0. The van der Waals surface area contributed by atoms with Crippen LogP contribution in [0.3, 0.4) is 0 Å². The zero-order valence-corrected chi connectivity index (χ0v) is 21.6. The molecule has 2 fully saturated rings. The Morgan fingerprint density at radius 1 is 1.06 bits per heavy atom. The predicted molar refractivity (Wildman–Crippen MR) is 133 cm³/mol. The minimum absolute atomic E-state index is 0.172. The van der Waals surface area contributed by atoms with E-state index in [0.29, 0.717) is 31.5 Å². The van der Waals surface area contributed by atoms with Gasteiger partial charge in [0.25, 0.3) is 0 Å². The van der Waals surface area contributed by atoms with E-state index < -0.39 is 11.2 Å². The van der Waals surface area contributed by atoms with Crippen LogP contribution in [0.2, 0.25) is 0 Å². The molecule has 4 rings (SSSR count). The Hall–Kier alpha value is -2.44. The number of hydrogen-bond acceptors (Lipinski definition) is 5. The Balaban J connectivity index is 1.39. The van der Waals surface area contributed by atoms with Crippen LogP contribution in [0.5, 0.6) is 0 Å². The number of anilines is 1. The Morgan fingerprint density at radius 3 is 2.38 bits per heavy atom. The highest BCUT2D eigenvalue weighted by Crippen LogP contribution is 2.46. The number of rotatable bonds is 4. The molecule has 1 N–H and O–H groups in total. The van der Waals surface area contributed by atoms with Crippen molar-refractivity contribution in [3.63, 3.8) is 0 Å². The molecule has 2 atom stereocenters. The molecule has 1 saturated carbocycles. The zero-order chi connectivity index (χ0) is 24.7. The fraction of sp³-hybridized carbons (Fsp3) is 0.704. The number of carbonyl (C=O) groups is 2. The van der Waals surface area contributed by atoms with Gasteiger partial charge in [0.1, 0.15) is 11.2 Å². The Bertz CT molecular complexity index is 909. The second-order valence-corrected chi connectivity index (χ2v) is 12.0. The van der Waals surface area contributed by atoms with E-state index in [1.165, 1.54) is 16.8 Å². The molecule has 1 saturated heterocycles. The molecule has 7 nitrogen and oxygen atoms in total. The predicted octanol–water partition coefficient (Wildman–Crippen LogP) is 5.39. The van der Waals surface area contributed by atoms with E-state index in [-0.39, 0.29) is 18.2 Å². The maximum Gasteiger partial charge on any atom is 0.410 e. The maximum absolute atomic E-state index is 13.2. The molecule has 3 aliphatic rings. The highest BCUT2D eigenvalue weighted by Gasteiger charge is 2.47. The number of carbonyl (C=O) groups excluding carboxylic acids is 2. The molecule has 188 valence electrons. The lowest BCUT2D eigenvalue weighted by molar-refractivity contribution is 0.00849. The molecule has 0 spiro atoms. The van der Waals surface area contributed by atoms with Crippen molar-refractivity contribution in [3.8, 4) is 0 Å². The third kappa shape index (κ3) is 6.16. The summed E-state index contributed by atoms with van der Waals surface area (Å²) in [6.07, 6.45) is 3.29. The van der Waals surface area contributed by atoms with Gasteiger partial charge >= 0.3 is 12.2 Å². The van der Waals surface area contributed by atoms with E-state index in [1.54, 1.807) is 4.90 Å². The third-order valence-corrected chi connectivity index (χ3v) is 6.77. The van der Waals surface area contributed by atoms with Gasteiger partial charge in [-0.3, -0.25) is 0 Å². The quantitative estimate of drug-likeness (QED) is 0.637. The summed E-state index contributed by atoms with van der Waals surface area (Å²) < 4.78 is 11.3. The van der Waals surface area contributed by atoms with E-state index in [9.17, 15) is 9.59 Å². The Kier molecular flexibility index (Phi) is 6.76. The lowest BCUT2D eigenvalue weighted by Crippen LogP contribution is -2.46. The largest absolute Gasteiger partial charge is 0.444 e.